The first-order chi connectivity index (χ1) is 11.3. The number of carbonyl (C=O) groups is 1. The van der Waals surface area contributed by atoms with Gasteiger partial charge in [-0.15, -0.1) is 0 Å². The number of likely N-dealkylation sites (tertiary alicyclic amines) is 1. The number of para-hydroxylation sites is 2. The third-order valence-corrected chi connectivity index (χ3v) is 5.60. The smallest absolute Gasteiger partial charge is 0.408 e. The zero-order chi connectivity index (χ0) is 17.1. The van der Waals surface area contributed by atoms with Gasteiger partial charge in [0.15, 0.2) is 5.58 Å². The van der Waals surface area contributed by atoms with Gasteiger partial charge in [0.1, 0.15) is 6.54 Å². The van der Waals surface area contributed by atoms with Crippen LogP contribution in [0.4, 0.5) is 0 Å². The van der Waals surface area contributed by atoms with E-state index in [1.165, 1.54) is 4.57 Å². The highest BCUT2D eigenvalue weighted by Gasteiger charge is 2.50. The molecule has 1 aliphatic heterocycles. The summed E-state index contributed by atoms with van der Waals surface area (Å²) in [5.74, 6) is -0.437. The maximum Gasteiger partial charge on any atom is 0.420 e. The Kier molecular flexibility index (Phi) is 3.21. The van der Waals surface area contributed by atoms with Crippen LogP contribution in [0, 0.1) is 10.8 Å². The fourth-order valence-corrected chi connectivity index (χ4v) is 5.14. The van der Waals surface area contributed by atoms with Crippen molar-refractivity contribution in [1.29, 1.82) is 0 Å². The van der Waals surface area contributed by atoms with Crippen molar-refractivity contribution in [2.45, 2.75) is 52.6 Å². The van der Waals surface area contributed by atoms with Crippen molar-refractivity contribution >= 4 is 17.0 Å². The van der Waals surface area contributed by atoms with E-state index in [9.17, 15) is 9.59 Å². The Labute approximate surface area is 141 Å². The number of hydrogen-bond acceptors (Lipinski definition) is 3. The van der Waals surface area contributed by atoms with E-state index in [1.807, 2.05) is 23.1 Å². The number of nitrogens with zero attached hydrogens (tertiary/aromatic N) is 2. The van der Waals surface area contributed by atoms with Gasteiger partial charge in [-0.3, -0.25) is 9.36 Å². The summed E-state index contributed by atoms with van der Waals surface area (Å²) in [7, 11) is 0. The minimum atomic E-state index is -0.460. The molecule has 1 aromatic heterocycles. The van der Waals surface area contributed by atoms with Crippen molar-refractivity contribution in [3.05, 3.63) is 34.8 Å². The summed E-state index contributed by atoms with van der Waals surface area (Å²) in [4.78, 5) is 27.0. The molecular weight excluding hydrogens is 304 g/mol. The van der Waals surface area contributed by atoms with Crippen molar-refractivity contribution in [1.82, 2.24) is 9.47 Å². The van der Waals surface area contributed by atoms with Crippen LogP contribution in [0.2, 0.25) is 0 Å². The summed E-state index contributed by atoms with van der Waals surface area (Å²) in [6.07, 6.45) is 3.26. The molecule has 1 saturated carbocycles. The normalized spacial score (nSPS) is 28.5. The van der Waals surface area contributed by atoms with Crippen molar-refractivity contribution in [2.75, 3.05) is 6.54 Å². The van der Waals surface area contributed by atoms with Gasteiger partial charge in [0, 0.05) is 12.6 Å². The second-order valence-electron chi connectivity index (χ2n) is 8.66. The van der Waals surface area contributed by atoms with Crippen molar-refractivity contribution in [3.8, 4) is 0 Å². The predicted molar refractivity (Wildman–Crippen MR) is 91.7 cm³/mol. The van der Waals surface area contributed by atoms with Gasteiger partial charge in [0.25, 0.3) is 0 Å². The lowest BCUT2D eigenvalue weighted by molar-refractivity contribution is -0.133. The Balaban J connectivity index is 1.61. The summed E-state index contributed by atoms with van der Waals surface area (Å²) in [5, 5.41) is 0. The Morgan fingerprint density at radius 1 is 1.25 bits per heavy atom. The van der Waals surface area contributed by atoms with Crippen LogP contribution in [0.25, 0.3) is 11.1 Å². The summed E-state index contributed by atoms with van der Waals surface area (Å²) < 4.78 is 6.69. The fourth-order valence-electron chi connectivity index (χ4n) is 5.14. The van der Waals surface area contributed by atoms with E-state index < -0.39 is 5.76 Å². The average Bonchev–Trinajstić information content (AvgIpc) is 2.92. The number of aromatic nitrogens is 1. The number of carbonyl (C=O) groups excluding carboxylic acids is 1. The van der Waals surface area contributed by atoms with Crippen molar-refractivity contribution < 1.29 is 9.21 Å². The van der Waals surface area contributed by atoms with Crippen LogP contribution in [-0.4, -0.2) is 28.0 Å². The topological polar surface area (TPSA) is 55.5 Å². The highest BCUT2D eigenvalue weighted by atomic mass is 16.4. The number of hydrogen-bond donors (Lipinski definition) is 0. The zero-order valence-electron chi connectivity index (χ0n) is 14.5. The molecule has 2 fully saturated rings. The van der Waals surface area contributed by atoms with E-state index >= 15 is 0 Å². The lowest BCUT2D eigenvalue weighted by Crippen LogP contribution is -2.40. The molecule has 2 aromatic rings. The quantitative estimate of drug-likeness (QED) is 0.851. The number of fused-ring (bicyclic) bond motifs is 3. The number of oxazole rings is 1. The van der Waals surface area contributed by atoms with E-state index in [4.69, 9.17) is 4.42 Å². The van der Waals surface area contributed by atoms with Crippen LogP contribution >= 0.6 is 0 Å². The summed E-state index contributed by atoms with van der Waals surface area (Å²) >= 11 is 0. The Morgan fingerprint density at radius 2 is 2.00 bits per heavy atom. The van der Waals surface area contributed by atoms with Crippen molar-refractivity contribution in [2.24, 2.45) is 10.8 Å². The molecule has 0 unspecified atom stereocenters. The molecule has 1 amide bonds. The van der Waals surface area contributed by atoms with Crippen LogP contribution < -0.4 is 5.76 Å². The van der Waals surface area contributed by atoms with E-state index in [0.29, 0.717) is 17.1 Å². The Bertz CT molecular complexity index is 863. The summed E-state index contributed by atoms with van der Waals surface area (Å²) in [6.45, 7) is 7.72. The van der Waals surface area contributed by atoms with E-state index in [1.54, 1.807) is 6.07 Å². The highest BCUT2D eigenvalue weighted by Crippen LogP contribution is 2.52. The van der Waals surface area contributed by atoms with Gasteiger partial charge in [-0.05, 0) is 42.2 Å². The zero-order valence-corrected chi connectivity index (χ0v) is 14.5. The van der Waals surface area contributed by atoms with Crippen LogP contribution in [0.15, 0.2) is 33.5 Å². The maximum atomic E-state index is 12.9. The van der Waals surface area contributed by atoms with Gasteiger partial charge in [0.2, 0.25) is 5.91 Å². The molecule has 2 aliphatic rings. The standard InChI is InChI=1S/C19H24N2O3/c1-18(2)8-13-9-19(3,11-18)12-21(13)16(22)10-20-14-6-4-5-7-15(14)24-17(20)23/h4-7,13H,8-12H2,1-3H3/t13-,19-/m1/s1. The Hall–Kier alpha value is -2.04. The SMILES string of the molecule is CC1(C)C[C@@H]2C[C@@](C)(CN2C(=O)Cn2c(=O)oc3ccccc32)C1. The molecule has 1 saturated heterocycles. The van der Waals surface area contributed by atoms with Crippen LogP contribution in [0.3, 0.4) is 0 Å². The molecule has 1 aromatic carbocycles. The molecule has 5 nitrogen and oxygen atoms in total. The van der Waals surface area contributed by atoms with Gasteiger partial charge in [0.05, 0.1) is 5.52 Å². The third kappa shape index (κ3) is 2.46. The molecule has 0 radical (unpaired) electrons. The molecule has 24 heavy (non-hydrogen) atoms. The average molecular weight is 328 g/mol. The van der Waals surface area contributed by atoms with Crippen LogP contribution in [0.5, 0.6) is 0 Å². The molecule has 0 N–H and O–H groups in total. The van der Waals surface area contributed by atoms with E-state index in [0.717, 1.165) is 25.8 Å². The minimum Gasteiger partial charge on any atom is -0.408 e. The van der Waals surface area contributed by atoms with E-state index in [2.05, 4.69) is 20.8 Å². The summed E-state index contributed by atoms with van der Waals surface area (Å²) in [5.41, 5.74) is 1.69. The maximum absolute atomic E-state index is 12.9. The molecular formula is C19H24N2O3. The molecule has 1 aliphatic carbocycles. The number of rotatable bonds is 2. The van der Waals surface area contributed by atoms with Gasteiger partial charge >= 0.3 is 5.76 Å². The van der Waals surface area contributed by atoms with Gasteiger partial charge in [-0.1, -0.05) is 32.9 Å². The van der Waals surface area contributed by atoms with Crippen LogP contribution in [-0.2, 0) is 11.3 Å². The van der Waals surface area contributed by atoms with Gasteiger partial charge in [-0.2, -0.15) is 0 Å². The molecule has 2 atom stereocenters. The van der Waals surface area contributed by atoms with Gasteiger partial charge in [-0.25, -0.2) is 4.79 Å². The van der Waals surface area contributed by atoms with Gasteiger partial charge < -0.3 is 9.32 Å². The molecule has 5 heteroatoms. The number of amides is 1. The summed E-state index contributed by atoms with van der Waals surface area (Å²) in [6, 6.07) is 7.54. The van der Waals surface area contributed by atoms with E-state index in [-0.39, 0.29) is 23.3 Å². The van der Waals surface area contributed by atoms with Crippen molar-refractivity contribution in [3.63, 3.8) is 0 Å². The first kappa shape index (κ1) is 15.5. The second kappa shape index (κ2) is 4.98. The molecule has 128 valence electrons. The lowest BCUT2D eigenvalue weighted by atomic mass is 9.65. The third-order valence-electron chi connectivity index (χ3n) is 5.60. The first-order valence-corrected chi connectivity index (χ1v) is 8.64. The minimum absolute atomic E-state index is 0.0232. The predicted octanol–water partition coefficient (Wildman–Crippen LogP) is 3.02. The molecule has 4 rings (SSSR count). The molecule has 0 spiro atoms. The highest BCUT2D eigenvalue weighted by molar-refractivity contribution is 5.80. The fraction of sp³-hybridized carbons (Fsp3) is 0.579. The lowest BCUT2D eigenvalue weighted by Gasteiger charge is -2.39. The Morgan fingerprint density at radius 3 is 2.79 bits per heavy atom. The molecule has 2 bridgehead atoms. The largest absolute Gasteiger partial charge is 0.420 e. The first-order valence-electron chi connectivity index (χ1n) is 8.64. The van der Waals surface area contributed by atoms with Crippen LogP contribution in [0.1, 0.15) is 40.0 Å². The second-order valence-corrected chi connectivity index (χ2v) is 8.66. The number of benzene rings is 1. The monoisotopic (exact) mass is 328 g/mol. The molecule has 2 heterocycles.